The van der Waals surface area contributed by atoms with E-state index in [2.05, 4.69) is 51.9 Å². The van der Waals surface area contributed by atoms with Crippen molar-refractivity contribution >= 4 is 28.3 Å². The van der Waals surface area contributed by atoms with Crippen molar-refractivity contribution in [2.24, 2.45) is 0 Å². The molecule has 3 aromatic rings. The molecule has 1 unspecified atom stereocenters. The largest absolute Gasteiger partial charge is 0.355 e. The highest BCUT2D eigenvalue weighted by Crippen LogP contribution is 2.26. The summed E-state index contributed by atoms with van der Waals surface area (Å²) in [6, 6.07) is 10.5. The summed E-state index contributed by atoms with van der Waals surface area (Å²) >= 11 is 1.69. The molecule has 1 atom stereocenters. The standard InChI is InChI=1S/C16H17N3O2S/c1-11-8-15-17-18-16(22-9-12-6-7-20-10-21-12)19(15)14-5-3-2-4-13(11)14/h2-5,8,12H,6-7,9-10H2,1H3. The topological polar surface area (TPSA) is 48.7 Å². The Hall–Kier alpha value is -1.63. The van der Waals surface area contributed by atoms with Gasteiger partial charge in [0.2, 0.25) is 0 Å². The van der Waals surface area contributed by atoms with Crippen molar-refractivity contribution in [1.82, 2.24) is 14.6 Å². The molecule has 1 fully saturated rings. The molecule has 0 N–H and O–H groups in total. The maximum Gasteiger partial charge on any atom is 0.196 e. The molecule has 114 valence electrons. The third kappa shape index (κ3) is 2.47. The van der Waals surface area contributed by atoms with Gasteiger partial charge in [0, 0.05) is 11.1 Å². The minimum Gasteiger partial charge on any atom is -0.355 e. The van der Waals surface area contributed by atoms with Gasteiger partial charge >= 0.3 is 0 Å². The Kier molecular flexibility index (Phi) is 3.73. The van der Waals surface area contributed by atoms with E-state index in [1.807, 2.05) is 0 Å². The Labute approximate surface area is 132 Å². The van der Waals surface area contributed by atoms with Crippen molar-refractivity contribution in [3.8, 4) is 0 Å². The van der Waals surface area contributed by atoms with Gasteiger partial charge in [0.05, 0.1) is 18.2 Å². The summed E-state index contributed by atoms with van der Waals surface area (Å²) in [6.07, 6.45) is 1.16. The van der Waals surface area contributed by atoms with Crippen LogP contribution in [0.5, 0.6) is 0 Å². The zero-order chi connectivity index (χ0) is 14.9. The van der Waals surface area contributed by atoms with Crippen molar-refractivity contribution in [3.05, 3.63) is 35.9 Å². The lowest BCUT2D eigenvalue weighted by Gasteiger charge is -2.21. The first kappa shape index (κ1) is 14.0. The number of hydrogen-bond donors (Lipinski definition) is 0. The third-order valence-corrected chi connectivity index (χ3v) is 5.00. The van der Waals surface area contributed by atoms with E-state index >= 15 is 0 Å². The van der Waals surface area contributed by atoms with Crippen LogP contribution < -0.4 is 0 Å². The second-order valence-electron chi connectivity index (χ2n) is 5.44. The highest BCUT2D eigenvalue weighted by Gasteiger charge is 2.17. The van der Waals surface area contributed by atoms with Gasteiger partial charge in [-0.1, -0.05) is 30.0 Å². The number of benzene rings is 1. The van der Waals surface area contributed by atoms with E-state index in [1.54, 1.807) is 11.8 Å². The lowest BCUT2D eigenvalue weighted by molar-refractivity contribution is -0.130. The molecule has 4 rings (SSSR count). The lowest BCUT2D eigenvalue weighted by Crippen LogP contribution is -2.25. The van der Waals surface area contributed by atoms with E-state index in [4.69, 9.17) is 9.47 Å². The van der Waals surface area contributed by atoms with Crippen molar-refractivity contribution in [1.29, 1.82) is 0 Å². The number of rotatable bonds is 3. The normalized spacial score (nSPS) is 19.0. The molecule has 2 aromatic heterocycles. The van der Waals surface area contributed by atoms with Crippen LogP contribution >= 0.6 is 11.8 Å². The predicted molar refractivity (Wildman–Crippen MR) is 86.3 cm³/mol. The Bertz CT molecular complexity index is 812. The predicted octanol–water partition coefficient (Wildman–Crippen LogP) is 3.05. The monoisotopic (exact) mass is 315 g/mol. The maximum atomic E-state index is 5.59. The average Bonchev–Trinajstić information content (AvgIpc) is 2.97. The molecule has 22 heavy (non-hydrogen) atoms. The van der Waals surface area contributed by atoms with E-state index in [1.165, 1.54) is 10.9 Å². The fraction of sp³-hybridized carbons (Fsp3) is 0.375. The molecule has 0 spiro atoms. The van der Waals surface area contributed by atoms with Crippen molar-refractivity contribution in [3.63, 3.8) is 0 Å². The molecule has 0 aliphatic carbocycles. The fourth-order valence-corrected chi connectivity index (χ4v) is 3.79. The first-order chi connectivity index (χ1) is 10.8. The van der Waals surface area contributed by atoms with Crippen LogP contribution in [0.3, 0.4) is 0 Å². The summed E-state index contributed by atoms with van der Waals surface area (Å²) in [5.41, 5.74) is 3.27. The number of aryl methyl sites for hydroxylation is 1. The molecule has 1 aliphatic rings. The van der Waals surface area contributed by atoms with Gasteiger partial charge in [0.25, 0.3) is 0 Å². The number of para-hydroxylation sites is 1. The van der Waals surface area contributed by atoms with Crippen molar-refractivity contribution in [2.45, 2.75) is 24.6 Å². The van der Waals surface area contributed by atoms with Gasteiger partial charge in [-0.25, -0.2) is 0 Å². The molecular formula is C16H17N3O2S. The smallest absolute Gasteiger partial charge is 0.196 e. The molecule has 0 bridgehead atoms. The number of nitrogens with zero attached hydrogens (tertiary/aromatic N) is 3. The van der Waals surface area contributed by atoms with Crippen LogP contribution in [0.2, 0.25) is 0 Å². The Balaban J connectivity index is 1.70. The van der Waals surface area contributed by atoms with Gasteiger partial charge in [-0.15, -0.1) is 10.2 Å². The lowest BCUT2D eigenvalue weighted by atomic mass is 10.1. The van der Waals surface area contributed by atoms with E-state index in [9.17, 15) is 0 Å². The molecule has 1 saturated heterocycles. The number of thioether (sulfide) groups is 1. The quantitative estimate of drug-likeness (QED) is 0.695. The van der Waals surface area contributed by atoms with Crippen LogP contribution in [-0.4, -0.2) is 39.9 Å². The zero-order valence-corrected chi connectivity index (χ0v) is 13.2. The minimum absolute atomic E-state index is 0.225. The van der Waals surface area contributed by atoms with Gasteiger partial charge in [-0.05, 0) is 31.0 Å². The summed E-state index contributed by atoms with van der Waals surface area (Å²) in [5.74, 6) is 0.867. The highest BCUT2D eigenvalue weighted by atomic mass is 32.2. The SMILES string of the molecule is Cc1cc2nnc(SCC3CCOCO3)n2c2ccccc12. The van der Waals surface area contributed by atoms with E-state index in [0.29, 0.717) is 6.79 Å². The maximum absolute atomic E-state index is 5.59. The van der Waals surface area contributed by atoms with E-state index in [-0.39, 0.29) is 6.10 Å². The van der Waals surface area contributed by atoms with Crippen molar-refractivity contribution in [2.75, 3.05) is 19.2 Å². The van der Waals surface area contributed by atoms with Crippen LogP contribution in [0.15, 0.2) is 35.5 Å². The first-order valence-electron chi connectivity index (χ1n) is 7.38. The van der Waals surface area contributed by atoms with E-state index in [0.717, 1.165) is 35.1 Å². The summed E-state index contributed by atoms with van der Waals surface area (Å²) in [4.78, 5) is 0. The molecule has 6 heteroatoms. The van der Waals surface area contributed by atoms with Gasteiger partial charge in [0.15, 0.2) is 10.8 Å². The Morgan fingerprint density at radius 2 is 2.23 bits per heavy atom. The molecule has 0 radical (unpaired) electrons. The Morgan fingerprint density at radius 1 is 1.32 bits per heavy atom. The highest BCUT2D eigenvalue weighted by molar-refractivity contribution is 7.99. The van der Waals surface area contributed by atoms with Crippen LogP contribution in [0.25, 0.3) is 16.6 Å². The second-order valence-corrected chi connectivity index (χ2v) is 6.42. The number of pyridine rings is 1. The van der Waals surface area contributed by atoms with Gasteiger partial charge < -0.3 is 9.47 Å². The molecule has 3 heterocycles. The average molecular weight is 315 g/mol. The fourth-order valence-electron chi connectivity index (χ4n) is 2.77. The molecule has 0 amide bonds. The molecule has 1 aromatic carbocycles. The third-order valence-electron chi connectivity index (χ3n) is 3.94. The van der Waals surface area contributed by atoms with Crippen LogP contribution in [0, 0.1) is 6.92 Å². The van der Waals surface area contributed by atoms with Gasteiger partial charge in [-0.2, -0.15) is 0 Å². The summed E-state index contributed by atoms with van der Waals surface area (Å²) < 4.78 is 12.9. The Morgan fingerprint density at radius 3 is 3.09 bits per heavy atom. The number of ether oxygens (including phenoxy) is 2. The van der Waals surface area contributed by atoms with Gasteiger partial charge in [-0.3, -0.25) is 4.40 Å². The minimum atomic E-state index is 0.225. The first-order valence-corrected chi connectivity index (χ1v) is 8.37. The van der Waals surface area contributed by atoms with Gasteiger partial charge in [0.1, 0.15) is 6.79 Å². The second kappa shape index (κ2) is 5.87. The van der Waals surface area contributed by atoms with E-state index < -0.39 is 0 Å². The molecule has 5 nitrogen and oxygen atoms in total. The molecular weight excluding hydrogens is 298 g/mol. The van der Waals surface area contributed by atoms with Crippen LogP contribution in [0.1, 0.15) is 12.0 Å². The number of hydrogen-bond acceptors (Lipinski definition) is 5. The molecule has 0 saturated carbocycles. The van der Waals surface area contributed by atoms with Crippen molar-refractivity contribution < 1.29 is 9.47 Å². The van der Waals surface area contributed by atoms with Crippen LogP contribution in [0.4, 0.5) is 0 Å². The summed E-state index contributed by atoms with van der Waals surface area (Å²) in [5, 5.41) is 10.8. The molecule has 1 aliphatic heterocycles. The summed E-state index contributed by atoms with van der Waals surface area (Å²) in [7, 11) is 0. The van der Waals surface area contributed by atoms with Crippen LogP contribution in [-0.2, 0) is 9.47 Å². The zero-order valence-electron chi connectivity index (χ0n) is 12.4. The number of aromatic nitrogens is 3. The summed E-state index contributed by atoms with van der Waals surface area (Å²) in [6.45, 7) is 3.28. The number of fused-ring (bicyclic) bond motifs is 3.